The monoisotopic (exact) mass is 436 g/mol. The van der Waals surface area contributed by atoms with E-state index in [1.807, 2.05) is 38.5 Å². The van der Waals surface area contributed by atoms with Gasteiger partial charge in [-0.05, 0) is 33.1 Å². The predicted molar refractivity (Wildman–Crippen MR) is 117 cm³/mol. The smallest absolute Gasteiger partial charge is 0.325 e. The Bertz CT molecular complexity index is 813. The van der Waals surface area contributed by atoms with Crippen molar-refractivity contribution in [3.63, 3.8) is 0 Å². The predicted octanol–water partition coefficient (Wildman–Crippen LogP) is 2.69. The molecule has 2 heterocycles. The minimum absolute atomic E-state index is 0.00398. The van der Waals surface area contributed by atoms with Crippen molar-refractivity contribution >= 4 is 11.9 Å². The van der Waals surface area contributed by atoms with Crippen molar-refractivity contribution in [2.24, 2.45) is 0 Å². The lowest BCUT2D eigenvalue weighted by Crippen LogP contribution is -2.15. The molecule has 0 radical (unpaired) electrons. The number of carboxylic acids is 1. The van der Waals surface area contributed by atoms with Gasteiger partial charge in [0.25, 0.3) is 0 Å². The highest BCUT2D eigenvalue weighted by Crippen LogP contribution is 2.05. The van der Waals surface area contributed by atoms with Gasteiger partial charge in [0.2, 0.25) is 0 Å². The molecule has 2 aromatic rings. The zero-order chi connectivity index (χ0) is 23.2. The number of nitrogens with zero attached hydrogens (tertiary/aromatic N) is 4. The van der Waals surface area contributed by atoms with E-state index in [0.29, 0.717) is 6.61 Å². The number of aryl methyl sites for hydroxylation is 4. The third kappa shape index (κ3) is 10.3. The number of aliphatic hydroxyl groups excluding tert-OH is 1. The summed E-state index contributed by atoms with van der Waals surface area (Å²) in [7, 11) is 0. The molecule has 0 aromatic carbocycles. The number of ether oxygens (including phenoxy) is 1. The van der Waals surface area contributed by atoms with Gasteiger partial charge in [-0.1, -0.05) is 20.3 Å². The van der Waals surface area contributed by atoms with E-state index < -0.39 is 5.97 Å². The highest BCUT2D eigenvalue weighted by molar-refractivity contribution is 5.69. The van der Waals surface area contributed by atoms with E-state index in [4.69, 9.17) is 14.9 Å². The van der Waals surface area contributed by atoms with Crippen LogP contribution in [-0.2, 0) is 40.3 Å². The molecule has 0 fully saturated rings. The maximum Gasteiger partial charge on any atom is 0.325 e. The van der Waals surface area contributed by atoms with E-state index in [0.717, 1.165) is 61.6 Å². The van der Waals surface area contributed by atoms with E-state index in [-0.39, 0.29) is 25.7 Å². The second-order valence-corrected chi connectivity index (χ2v) is 7.31. The van der Waals surface area contributed by atoms with Crippen molar-refractivity contribution in [1.29, 1.82) is 0 Å². The fraction of sp³-hybridized carbons (Fsp3) is 0.636. The molecule has 0 saturated carbocycles. The summed E-state index contributed by atoms with van der Waals surface area (Å²) in [4.78, 5) is 30.6. The van der Waals surface area contributed by atoms with Crippen LogP contribution in [-0.4, -0.2) is 54.5 Å². The summed E-state index contributed by atoms with van der Waals surface area (Å²) < 4.78 is 8.70. The zero-order valence-electron chi connectivity index (χ0n) is 19.1. The number of carboxylic acid groups (broad SMARTS) is 1. The van der Waals surface area contributed by atoms with Gasteiger partial charge in [-0.3, -0.25) is 9.59 Å². The number of rotatable bonds is 12. The van der Waals surface area contributed by atoms with E-state index in [2.05, 4.69) is 9.97 Å². The van der Waals surface area contributed by atoms with Crippen LogP contribution in [0.1, 0.15) is 62.6 Å². The van der Waals surface area contributed by atoms with Gasteiger partial charge in [0.15, 0.2) is 0 Å². The molecule has 31 heavy (non-hydrogen) atoms. The van der Waals surface area contributed by atoms with Crippen molar-refractivity contribution in [3.05, 3.63) is 35.4 Å². The van der Waals surface area contributed by atoms with Gasteiger partial charge in [0, 0.05) is 31.8 Å². The van der Waals surface area contributed by atoms with Crippen molar-refractivity contribution < 1.29 is 24.5 Å². The van der Waals surface area contributed by atoms with Crippen LogP contribution in [0.4, 0.5) is 0 Å². The summed E-state index contributed by atoms with van der Waals surface area (Å²) in [6, 6.07) is 0. The molecule has 0 aliphatic heterocycles. The fourth-order valence-electron chi connectivity index (χ4n) is 3.12. The Labute approximate surface area is 184 Å². The van der Waals surface area contributed by atoms with E-state index in [1.54, 1.807) is 10.8 Å². The molecule has 0 amide bonds. The molecule has 0 aliphatic carbocycles. The summed E-state index contributed by atoms with van der Waals surface area (Å²) in [5.41, 5.74) is 1.79. The average molecular weight is 437 g/mol. The normalized spacial score (nSPS) is 10.5. The molecular weight excluding hydrogens is 400 g/mol. The summed E-state index contributed by atoms with van der Waals surface area (Å²) >= 11 is 0. The Morgan fingerprint density at radius 2 is 1.42 bits per heavy atom. The molecule has 9 heteroatoms. The highest BCUT2D eigenvalue weighted by atomic mass is 16.5. The van der Waals surface area contributed by atoms with Gasteiger partial charge in [-0.25, -0.2) is 9.97 Å². The number of aliphatic carboxylic acids is 1. The molecule has 2 N–H and O–H groups in total. The molecule has 2 aromatic heterocycles. The van der Waals surface area contributed by atoms with E-state index >= 15 is 0 Å². The zero-order valence-corrected chi connectivity index (χ0v) is 19.1. The van der Waals surface area contributed by atoms with Crippen LogP contribution >= 0.6 is 0 Å². The maximum absolute atomic E-state index is 11.7. The molecule has 0 bridgehead atoms. The fourth-order valence-corrected chi connectivity index (χ4v) is 3.12. The molecule has 9 nitrogen and oxygen atoms in total. The second kappa shape index (κ2) is 14.3. The first kappa shape index (κ1) is 26.4. The van der Waals surface area contributed by atoms with Gasteiger partial charge in [-0.15, -0.1) is 0 Å². The third-order valence-corrected chi connectivity index (χ3v) is 4.51. The van der Waals surface area contributed by atoms with Crippen molar-refractivity contribution in [1.82, 2.24) is 19.1 Å². The molecule has 174 valence electrons. The van der Waals surface area contributed by atoms with Gasteiger partial charge in [0.05, 0.1) is 18.0 Å². The topological polar surface area (TPSA) is 119 Å². The third-order valence-electron chi connectivity index (χ3n) is 4.51. The molecule has 0 unspecified atom stereocenters. The van der Waals surface area contributed by atoms with Crippen LogP contribution in [0.3, 0.4) is 0 Å². The molecular formula is C22H36N4O5. The van der Waals surface area contributed by atoms with Crippen molar-refractivity contribution in [2.75, 3.05) is 13.2 Å². The van der Waals surface area contributed by atoms with Gasteiger partial charge in [-0.2, -0.15) is 0 Å². The molecule has 2 rings (SSSR count). The number of imidazole rings is 2. The Morgan fingerprint density at radius 3 is 1.90 bits per heavy atom. The number of aliphatic hydroxyl groups is 1. The Balaban J connectivity index is 0.000000343. The summed E-state index contributed by atoms with van der Waals surface area (Å²) in [6.45, 7) is 8.69. The lowest BCUT2D eigenvalue weighted by Gasteiger charge is -2.07. The van der Waals surface area contributed by atoms with E-state index in [1.165, 1.54) is 0 Å². The minimum Gasteiger partial charge on any atom is -0.480 e. The van der Waals surface area contributed by atoms with Crippen LogP contribution in [0.2, 0.25) is 0 Å². The summed E-state index contributed by atoms with van der Waals surface area (Å²) in [5.74, 6) is 0.698. The lowest BCUT2D eigenvalue weighted by molar-refractivity contribution is -0.144. The second-order valence-electron chi connectivity index (χ2n) is 7.31. The number of carbonyl (C=O) groups is 2. The number of hydrogen-bond acceptors (Lipinski definition) is 6. The molecule has 0 saturated heterocycles. The van der Waals surface area contributed by atoms with Crippen LogP contribution < -0.4 is 0 Å². The number of carbonyl (C=O) groups excluding carboxylic acids is 1. The standard InChI is InChI=1S/C14H24N2O3.C8H12N2O2/c1-3-13-15-12(2)10-16(13)11-14(18)19-9-7-5-4-6-8-17;1-3-7-9-6(2)4-10(7)5-8(11)12/h10,17H,3-9,11H2,1-2H3;4H,3,5H2,1-2H3,(H,11,12). The van der Waals surface area contributed by atoms with Gasteiger partial charge < -0.3 is 24.1 Å². The minimum atomic E-state index is -0.831. The number of esters is 1. The SMILES string of the molecule is CCc1nc(C)cn1CC(=O)O.CCc1nc(C)cn1CC(=O)OCCCCCCO. The first-order valence-corrected chi connectivity index (χ1v) is 10.8. The molecule has 0 atom stereocenters. The van der Waals surface area contributed by atoms with Crippen molar-refractivity contribution in [2.45, 2.75) is 79.3 Å². The molecule has 0 spiro atoms. The van der Waals surface area contributed by atoms with Crippen LogP contribution in [0.25, 0.3) is 0 Å². The highest BCUT2D eigenvalue weighted by Gasteiger charge is 2.09. The largest absolute Gasteiger partial charge is 0.480 e. The average Bonchev–Trinajstić information content (AvgIpc) is 3.25. The van der Waals surface area contributed by atoms with E-state index in [9.17, 15) is 9.59 Å². The lowest BCUT2D eigenvalue weighted by atomic mass is 10.2. The number of aromatic nitrogens is 4. The number of hydrogen-bond donors (Lipinski definition) is 2. The van der Waals surface area contributed by atoms with Gasteiger partial charge in [0.1, 0.15) is 24.7 Å². The van der Waals surface area contributed by atoms with Crippen LogP contribution in [0.15, 0.2) is 12.4 Å². The van der Waals surface area contributed by atoms with Crippen LogP contribution in [0, 0.1) is 13.8 Å². The van der Waals surface area contributed by atoms with Crippen molar-refractivity contribution in [3.8, 4) is 0 Å². The van der Waals surface area contributed by atoms with Crippen LogP contribution in [0.5, 0.6) is 0 Å². The maximum atomic E-state index is 11.7. The first-order chi connectivity index (χ1) is 14.8. The Kier molecular flexibility index (Phi) is 12.2. The summed E-state index contributed by atoms with van der Waals surface area (Å²) in [6.07, 6.45) is 8.85. The number of unbranched alkanes of at least 4 members (excludes halogenated alkanes) is 3. The Morgan fingerprint density at radius 1 is 0.903 bits per heavy atom. The molecule has 0 aliphatic rings. The Hall–Kier alpha value is -2.68. The van der Waals surface area contributed by atoms with Gasteiger partial charge >= 0.3 is 11.9 Å². The summed E-state index contributed by atoms with van der Waals surface area (Å²) in [5, 5.41) is 17.2. The first-order valence-electron chi connectivity index (χ1n) is 10.8. The quantitative estimate of drug-likeness (QED) is 0.388.